The van der Waals surface area contributed by atoms with Crippen molar-refractivity contribution >= 4 is 0 Å². The first-order valence-corrected chi connectivity index (χ1v) is 11.0. The van der Waals surface area contributed by atoms with Gasteiger partial charge < -0.3 is 11.1 Å². The molecule has 0 spiro atoms. The van der Waals surface area contributed by atoms with Crippen LogP contribution in [-0.4, -0.2) is 35.6 Å². The Morgan fingerprint density at radius 2 is 1.89 bits per heavy atom. The Morgan fingerprint density at radius 3 is 2.75 bits per heavy atom. The minimum absolute atomic E-state index is 0.461. The van der Waals surface area contributed by atoms with E-state index in [1.807, 2.05) is 6.20 Å². The van der Waals surface area contributed by atoms with Crippen LogP contribution in [0.4, 0.5) is 0 Å². The van der Waals surface area contributed by atoms with E-state index in [4.69, 9.17) is 10.7 Å². The first-order valence-electron chi connectivity index (χ1n) is 11.0. The molecule has 0 amide bonds. The highest BCUT2D eigenvalue weighted by molar-refractivity contribution is 5.30. The van der Waals surface area contributed by atoms with E-state index in [1.165, 1.54) is 54.6 Å². The molecule has 3 N–H and O–H groups in total. The van der Waals surface area contributed by atoms with Gasteiger partial charge in [-0.1, -0.05) is 30.3 Å². The number of aromatic nitrogens is 1. The van der Waals surface area contributed by atoms with Gasteiger partial charge >= 0.3 is 0 Å². The smallest absolute Gasteiger partial charge is 0.0607 e. The first kappa shape index (κ1) is 18.3. The van der Waals surface area contributed by atoms with Crippen LogP contribution >= 0.6 is 0 Å². The second-order valence-corrected chi connectivity index (χ2v) is 8.95. The predicted octanol–water partition coefficient (Wildman–Crippen LogP) is 3.07. The molecule has 4 nitrogen and oxygen atoms in total. The lowest BCUT2D eigenvalue weighted by Gasteiger charge is -2.38. The van der Waals surface area contributed by atoms with Gasteiger partial charge in [-0.25, -0.2) is 0 Å². The van der Waals surface area contributed by atoms with Crippen molar-refractivity contribution in [3.05, 3.63) is 65.0 Å². The maximum absolute atomic E-state index is 5.95. The quantitative estimate of drug-likeness (QED) is 0.814. The molecule has 1 aromatic carbocycles. The molecule has 2 aromatic rings. The van der Waals surface area contributed by atoms with Crippen molar-refractivity contribution in [1.29, 1.82) is 0 Å². The second kappa shape index (κ2) is 7.94. The van der Waals surface area contributed by atoms with Crippen molar-refractivity contribution in [2.75, 3.05) is 19.6 Å². The first-order chi connectivity index (χ1) is 13.8. The zero-order valence-corrected chi connectivity index (χ0v) is 16.7. The molecule has 2 aliphatic carbocycles. The topological polar surface area (TPSA) is 54.2 Å². The van der Waals surface area contributed by atoms with E-state index in [2.05, 4.69) is 46.6 Å². The molecule has 148 valence electrons. The molecule has 0 saturated heterocycles. The fourth-order valence-corrected chi connectivity index (χ4v) is 5.33. The highest BCUT2D eigenvalue weighted by Crippen LogP contribution is 2.41. The zero-order valence-electron chi connectivity index (χ0n) is 16.7. The van der Waals surface area contributed by atoms with E-state index in [0.717, 1.165) is 37.9 Å². The Labute approximate surface area is 168 Å². The average Bonchev–Trinajstić information content (AvgIpc) is 3.51. The molecule has 1 fully saturated rings. The number of nitrogens with zero attached hydrogens (tertiary/aromatic N) is 2. The van der Waals surface area contributed by atoms with Gasteiger partial charge in [-0.05, 0) is 73.2 Å². The number of nitrogens with one attached hydrogen (secondary N) is 1. The van der Waals surface area contributed by atoms with Gasteiger partial charge in [0.25, 0.3) is 0 Å². The van der Waals surface area contributed by atoms with Gasteiger partial charge in [0.15, 0.2) is 0 Å². The molecule has 5 rings (SSSR count). The van der Waals surface area contributed by atoms with E-state index in [-0.39, 0.29) is 0 Å². The summed E-state index contributed by atoms with van der Waals surface area (Å²) in [6.45, 7) is 4.10. The number of rotatable bonds is 6. The lowest BCUT2D eigenvalue weighted by Crippen LogP contribution is -2.47. The maximum Gasteiger partial charge on any atom is 0.0607 e. The van der Waals surface area contributed by atoms with Gasteiger partial charge in [0.2, 0.25) is 0 Å². The van der Waals surface area contributed by atoms with E-state index in [1.54, 1.807) is 0 Å². The molecular weight excluding hydrogens is 344 g/mol. The third-order valence-electron chi connectivity index (χ3n) is 7.07. The Balaban J connectivity index is 1.36. The summed E-state index contributed by atoms with van der Waals surface area (Å²) < 4.78 is 0. The molecular formula is C24H32N4. The minimum Gasteiger partial charge on any atom is -0.330 e. The summed E-state index contributed by atoms with van der Waals surface area (Å²) in [5, 5.41) is 3.80. The number of fused-ring (bicyclic) bond motifs is 2. The molecule has 4 atom stereocenters. The Hall–Kier alpha value is -1.75. The normalized spacial score (nSPS) is 28.6. The number of benzene rings is 1. The fourth-order valence-electron chi connectivity index (χ4n) is 5.33. The molecule has 0 bridgehead atoms. The molecule has 2 unspecified atom stereocenters. The maximum atomic E-state index is 5.95. The largest absolute Gasteiger partial charge is 0.330 e. The van der Waals surface area contributed by atoms with Gasteiger partial charge in [0.05, 0.1) is 11.7 Å². The zero-order chi connectivity index (χ0) is 18.9. The summed E-state index contributed by atoms with van der Waals surface area (Å²) in [6.07, 6.45) is 8.08. The van der Waals surface area contributed by atoms with Crippen molar-refractivity contribution in [3.8, 4) is 0 Å². The van der Waals surface area contributed by atoms with Crippen molar-refractivity contribution in [2.24, 2.45) is 17.6 Å². The monoisotopic (exact) mass is 376 g/mol. The van der Waals surface area contributed by atoms with Gasteiger partial charge in [0.1, 0.15) is 0 Å². The number of nitrogens with two attached hydrogens (primary N) is 1. The third-order valence-corrected chi connectivity index (χ3v) is 7.07. The van der Waals surface area contributed by atoms with Crippen LogP contribution in [0, 0.1) is 11.8 Å². The van der Waals surface area contributed by atoms with Crippen LogP contribution < -0.4 is 11.1 Å². The van der Waals surface area contributed by atoms with Crippen LogP contribution in [-0.2, 0) is 19.4 Å². The standard InChI is InChI=1S/C24H32N4/c25-13-20-11-21(20)15-28(23-9-3-7-17-8-4-10-26-24(17)23)16-22-12-18-5-1-2-6-19(18)14-27-22/h1-2,4-6,8,10,20-23,27H,3,7,9,11-16,25H2/t20?,21?,22-,23+/m1/s1. The van der Waals surface area contributed by atoms with E-state index >= 15 is 0 Å². The fraction of sp³-hybridized carbons (Fsp3) is 0.542. The van der Waals surface area contributed by atoms with Crippen LogP contribution in [0.2, 0.25) is 0 Å². The highest BCUT2D eigenvalue weighted by Gasteiger charge is 2.39. The molecule has 3 aliphatic rings. The Morgan fingerprint density at radius 1 is 1.04 bits per heavy atom. The summed E-state index contributed by atoms with van der Waals surface area (Å²) in [4.78, 5) is 7.58. The van der Waals surface area contributed by atoms with Crippen LogP contribution in [0.5, 0.6) is 0 Å². The van der Waals surface area contributed by atoms with Crippen LogP contribution in [0.3, 0.4) is 0 Å². The Bertz CT molecular complexity index is 820. The van der Waals surface area contributed by atoms with Gasteiger partial charge in [-0.2, -0.15) is 0 Å². The summed E-state index contributed by atoms with van der Waals surface area (Å²) in [5.74, 6) is 1.50. The molecule has 1 aromatic heterocycles. The lowest BCUT2D eigenvalue weighted by molar-refractivity contribution is 0.144. The molecule has 1 aliphatic heterocycles. The van der Waals surface area contributed by atoms with Crippen LogP contribution in [0.15, 0.2) is 42.6 Å². The highest BCUT2D eigenvalue weighted by atomic mass is 15.2. The molecule has 4 heteroatoms. The van der Waals surface area contributed by atoms with Gasteiger partial charge in [-0.3, -0.25) is 9.88 Å². The summed E-state index contributed by atoms with van der Waals surface area (Å²) >= 11 is 0. The minimum atomic E-state index is 0.461. The molecule has 2 heterocycles. The van der Waals surface area contributed by atoms with Gasteiger partial charge in [0, 0.05) is 31.9 Å². The summed E-state index contributed by atoms with van der Waals surface area (Å²) in [6, 6.07) is 14.2. The van der Waals surface area contributed by atoms with E-state index in [9.17, 15) is 0 Å². The number of aryl methyl sites for hydroxylation is 1. The Kier molecular flexibility index (Phi) is 5.19. The SMILES string of the molecule is NCC1CC1CN(C[C@H]1Cc2ccccc2CN1)[C@H]1CCCc2cccnc21. The number of hydrogen-bond acceptors (Lipinski definition) is 4. The average molecular weight is 377 g/mol. The molecule has 28 heavy (non-hydrogen) atoms. The van der Waals surface area contributed by atoms with Crippen LogP contribution in [0.25, 0.3) is 0 Å². The van der Waals surface area contributed by atoms with Crippen LogP contribution in [0.1, 0.15) is 47.7 Å². The van der Waals surface area contributed by atoms with Crippen molar-refractivity contribution in [2.45, 2.75) is 50.7 Å². The van der Waals surface area contributed by atoms with Crippen molar-refractivity contribution in [3.63, 3.8) is 0 Å². The van der Waals surface area contributed by atoms with E-state index < -0.39 is 0 Å². The van der Waals surface area contributed by atoms with Gasteiger partial charge in [-0.15, -0.1) is 0 Å². The van der Waals surface area contributed by atoms with E-state index in [0.29, 0.717) is 12.1 Å². The summed E-state index contributed by atoms with van der Waals surface area (Å²) in [5.41, 5.74) is 11.7. The predicted molar refractivity (Wildman–Crippen MR) is 113 cm³/mol. The number of pyridine rings is 1. The van der Waals surface area contributed by atoms with Crippen molar-refractivity contribution < 1.29 is 0 Å². The number of hydrogen-bond donors (Lipinski definition) is 2. The molecule has 1 saturated carbocycles. The third kappa shape index (κ3) is 3.73. The lowest BCUT2D eigenvalue weighted by atomic mass is 9.89. The second-order valence-electron chi connectivity index (χ2n) is 8.95. The van der Waals surface area contributed by atoms with Crippen molar-refractivity contribution in [1.82, 2.24) is 15.2 Å². The summed E-state index contributed by atoms with van der Waals surface area (Å²) in [7, 11) is 0. The molecule has 0 radical (unpaired) electrons.